The van der Waals surface area contributed by atoms with Crippen molar-refractivity contribution in [1.29, 1.82) is 0 Å². The van der Waals surface area contributed by atoms with E-state index in [-0.39, 0.29) is 0 Å². The maximum absolute atomic E-state index is 6.01. The highest BCUT2D eigenvalue weighted by molar-refractivity contribution is 6.17. The topological polar surface area (TPSA) is 35.6 Å². The highest BCUT2D eigenvalue weighted by Gasteiger charge is 2.25. The first-order valence-electron chi connectivity index (χ1n) is 8.25. The van der Waals surface area contributed by atoms with E-state index in [1.165, 1.54) is 37.8 Å². The number of aromatic nitrogens is 4. The predicted molar refractivity (Wildman–Crippen MR) is 87.0 cm³/mol. The second-order valence-corrected chi connectivity index (χ2v) is 6.50. The molecule has 0 aromatic carbocycles. The summed E-state index contributed by atoms with van der Waals surface area (Å²) in [5, 5.41) is 4.70. The van der Waals surface area contributed by atoms with Crippen LogP contribution in [0.3, 0.4) is 0 Å². The van der Waals surface area contributed by atoms with Gasteiger partial charge in [0, 0.05) is 25.4 Å². The lowest BCUT2D eigenvalue weighted by molar-refractivity contribution is 0.349. The van der Waals surface area contributed by atoms with E-state index in [2.05, 4.69) is 11.5 Å². The quantitative estimate of drug-likeness (QED) is 0.782. The zero-order valence-corrected chi connectivity index (χ0v) is 13.9. The molecule has 1 aliphatic rings. The molecule has 2 heterocycles. The molecule has 0 amide bonds. The third kappa shape index (κ3) is 2.70. The summed E-state index contributed by atoms with van der Waals surface area (Å²) in [6.07, 6.45) is 9.48. The van der Waals surface area contributed by atoms with E-state index in [0.717, 1.165) is 36.3 Å². The van der Waals surface area contributed by atoms with E-state index in [1.807, 2.05) is 11.7 Å². The van der Waals surface area contributed by atoms with Crippen molar-refractivity contribution in [3.8, 4) is 0 Å². The molecular weight excluding hydrogens is 284 g/mol. The zero-order chi connectivity index (χ0) is 14.8. The Kier molecular flexibility index (Phi) is 4.53. The van der Waals surface area contributed by atoms with E-state index in [1.54, 1.807) is 0 Å². The highest BCUT2D eigenvalue weighted by atomic mass is 35.5. The molecule has 2 aromatic rings. The summed E-state index contributed by atoms with van der Waals surface area (Å²) >= 11 is 6.01. The minimum Gasteiger partial charge on any atom is -0.310 e. The number of rotatable bonds is 5. The molecule has 0 N–H and O–H groups in total. The number of hydrogen-bond acceptors (Lipinski definition) is 2. The van der Waals surface area contributed by atoms with Crippen LogP contribution >= 0.6 is 11.6 Å². The van der Waals surface area contributed by atoms with Crippen molar-refractivity contribution in [3.05, 3.63) is 11.5 Å². The number of aryl methyl sites for hydroxylation is 3. The van der Waals surface area contributed by atoms with Gasteiger partial charge in [0.05, 0.1) is 5.69 Å². The second-order valence-electron chi connectivity index (χ2n) is 6.12. The molecule has 0 bridgehead atoms. The monoisotopic (exact) mass is 308 g/mol. The summed E-state index contributed by atoms with van der Waals surface area (Å²) in [5.41, 5.74) is 3.44. The fourth-order valence-electron chi connectivity index (χ4n) is 3.64. The number of alkyl halides is 1. The number of halogens is 1. The van der Waals surface area contributed by atoms with E-state index >= 15 is 0 Å². The SMILES string of the molecule is CCCc1nn(C)c2c1nc(CCCl)n2C1CCCCC1. The van der Waals surface area contributed by atoms with Crippen LogP contribution in [0.1, 0.15) is 63.0 Å². The molecule has 3 rings (SSSR count). The minimum absolute atomic E-state index is 0.576. The normalized spacial score (nSPS) is 16.9. The van der Waals surface area contributed by atoms with Crippen molar-refractivity contribution < 1.29 is 0 Å². The second kappa shape index (κ2) is 6.39. The number of imidazole rings is 1. The van der Waals surface area contributed by atoms with Crippen LogP contribution in [0, 0.1) is 0 Å². The summed E-state index contributed by atoms with van der Waals surface area (Å²) in [6, 6.07) is 0.576. The number of hydrogen-bond donors (Lipinski definition) is 0. The first-order chi connectivity index (χ1) is 10.3. The Morgan fingerprint density at radius 3 is 2.62 bits per heavy atom. The van der Waals surface area contributed by atoms with Gasteiger partial charge in [-0.1, -0.05) is 32.6 Å². The van der Waals surface area contributed by atoms with Gasteiger partial charge in [0.15, 0.2) is 5.65 Å². The maximum Gasteiger partial charge on any atom is 0.158 e. The summed E-state index contributed by atoms with van der Waals surface area (Å²) in [7, 11) is 2.05. The van der Waals surface area contributed by atoms with Gasteiger partial charge in [-0.05, 0) is 19.3 Å². The van der Waals surface area contributed by atoms with Gasteiger partial charge >= 0.3 is 0 Å². The average molecular weight is 309 g/mol. The Hall–Kier alpha value is -1.03. The number of fused-ring (bicyclic) bond motifs is 1. The lowest BCUT2D eigenvalue weighted by Crippen LogP contribution is -2.17. The molecule has 0 spiro atoms. The first-order valence-corrected chi connectivity index (χ1v) is 8.78. The van der Waals surface area contributed by atoms with Crippen LogP contribution in [0.4, 0.5) is 0 Å². The summed E-state index contributed by atoms with van der Waals surface area (Å²) in [5.74, 6) is 1.78. The van der Waals surface area contributed by atoms with Crippen molar-refractivity contribution in [2.45, 2.75) is 64.3 Å². The third-order valence-corrected chi connectivity index (χ3v) is 4.74. The van der Waals surface area contributed by atoms with Crippen LogP contribution in [-0.2, 0) is 19.9 Å². The van der Waals surface area contributed by atoms with Gasteiger partial charge < -0.3 is 4.57 Å². The molecule has 4 nitrogen and oxygen atoms in total. The van der Waals surface area contributed by atoms with Gasteiger partial charge in [0.2, 0.25) is 0 Å². The summed E-state index contributed by atoms with van der Waals surface area (Å²) < 4.78 is 4.47. The number of nitrogens with zero attached hydrogens (tertiary/aromatic N) is 4. The van der Waals surface area contributed by atoms with E-state index in [0.29, 0.717) is 11.9 Å². The fraction of sp³-hybridized carbons (Fsp3) is 0.750. The molecule has 5 heteroatoms. The lowest BCUT2D eigenvalue weighted by Gasteiger charge is -2.25. The Balaban J connectivity index is 2.11. The minimum atomic E-state index is 0.576. The molecule has 116 valence electrons. The molecule has 0 atom stereocenters. The predicted octanol–water partition coefficient (Wildman–Crippen LogP) is 4.01. The summed E-state index contributed by atoms with van der Waals surface area (Å²) in [6.45, 7) is 2.19. The van der Waals surface area contributed by atoms with Gasteiger partial charge in [-0.25, -0.2) is 4.98 Å². The average Bonchev–Trinajstić information content (AvgIpc) is 3.00. The van der Waals surface area contributed by atoms with Crippen LogP contribution in [-0.4, -0.2) is 25.2 Å². The standard InChI is InChI=1S/C16H25ClN4/c1-3-7-13-15-16(20(2)19-13)21(14(18-15)10-11-17)12-8-5-4-6-9-12/h12H,3-11H2,1-2H3. The van der Waals surface area contributed by atoms with Crippen LogP contribution in [0.5, 0.6) is 0 Å². The van der Waals surface area contributed by atoms with Crippen LogP contribution in [0.15, 0.2) is 0 Å². The van der Waals surface area contributed by atoms with Crippen molar-refractivity contribution >= 4 is 22.8 Å². The molecule has 0 aliphatic heterocycles. The smallest absolute Gasteiger partial charge is 0.158 e. The van der Waals surface area contributed by atoms with Crippen LogP contribution in [0.25, 0.3) is 11.2 Å². The van der Waals surface area contributed by atoms with Crippen LogP contribution in [0.2, 0.25) is 0 Å². The molecule has 21 heavy (non-hydrogen) atoms. The largest absolute Gasteiger partial charge is 0.310 e. The molecule has 1 aliphatic carbocycles. The molecule has 0 saturated heterocycles. The fourth-order valence-corrected chi connectivity index (χ4v) is 3.81. The Bertz CT molecular complexity index is 607. The Morgan fingerprint density at radius 1 is 1.19 bits per heavy atom. The van der Waals surface area contributed by atoms with E-state index < -0.39 is 0 Å². The highest BCUT2D eigenvalue weighted by Crippen LogP contribution is 2.33. The van der Waals surface area contributed by atoms with Gasteiger partial charge in [-0.3, -0.25) is 4.68 Å². The van der Waals surface area contributed by atoms with Crippen molar-refractivity contribution in [2.75, 3.05) is 5.88 Å². The van der Waals surface area contributed by atoms with Crippen molar-refractivity contribution in [3.63, 3.8) is 0 Å². The molecule has 2 aromatic heterocycles. The summed E-state index contributed by atoms with van der Waals surface area (Å²) in [4.78, 5) is 4.91. The maximum atomic E-state index is 6.01. The van der Waals surface area contributed by atoms with Gasteiger partial charge in [-0.15, -0.1) is 11.6 Å². The van der Waals surface area contributed by atoms with Gasteiger partial charge in [0.25, 0.3) is 0 Å². The molecule has 0 unspecified atom stereocenters. The molecular formula is C16H25ClN4. The zero-order valence-electron chi connectivity index (χ0n) is 13.1. The van der Waals surface area contributed by atoms with E-state index in [9.17, 15) is 0 Å². The molecule has 1 saturated carbocycles. The molecule has 0 radical (unpaired) electrons. The van der Waals surface area contributed by atoms with E-state index in [4.69, 9.17) is 21.7 Å². The third-order valence-electron chi connectivity index (χ3n) is 4.55. The van der Waals surface area contributed by atoms with Gasteiger partial charge in [0.1, 0.15) is 11.3 Å². The van der Waals surface area contributed by atoms with Gasteiger partial charge in [-0.2, -0.15) is 5.10 Å². The first kappa shape index (κ1) is 14.9. The Morgan fingerprint density at radius 2 is 1.95 bits per heavy atom. The Labute approximate surface area is 131 Å². The lowest BCUT2D eigenvalue weighted by atomic mass is 9.95. The van der Waals surface area contributed by atoms with Crippen molar-refractivity contribution in [1.82, 2.24) is 19.3 Å². The van der Waals surface area contributed by atoms with Crippen molar-refractivity contribution in [2.24, 2.45) is 7.05 Å². The van der Waals surface area contributed by atoms with Crippen LogP contribution < -0.4 is 0 Å². The molecule has 1 fully saturated rings.